The van der Waals surface area contributed by atoms with Gasteiger partial charge in [0.1, 0.15) is 0 Å². The summed E-state index contributed by atoms with van der Waals surface area (Å²) in [7, 11) is 2.00. The number of hydrogen-bond acceptors (Lipinski definition) is 2. The Bertz CT molecular complexity index is 137. The van der Waals surface area contributed by atoms with Crippen LogP contribution in [0.15, 0.2) is 0 Å². The zero-order valence-corrected chi connectivity index (χ0v) is 9.08. The highest BCUT2D eigenvalue weighted by atomic mass is 32.2. The highest BCUT2D eigenvalue weighted by Gasteiger charge is 2.05. The highest BCUT2D eigenvalue weighted by Crippen LogP contribution is 2.12. The van der Waals surface area contributed by atoms with Gasteiger partial charge in [-0.2, -0.15) is 11.8 Å². The normalized spacial score (nSPS) is 12.9. The lowest BCUT2D eigenvalue weighted by molar-refractivity contribution is 0.582. The molecule has 0 spiro atoms. The molecule has 0 bridgehead atoms. The first-order valence-corrected chi connectivity index (χ1v) is 5.48. The summed E-state index contributed by atoms with van der Waals surface area (Å²) in [5.74, 6) is 3.83. The van der Waals surface area contributed by atoms with Crippen molar-refractivity contribution in [3.05, 3.63) is 0 Å². The van der Waals surface area contributed by atoms with E-state index in [0.29, 0.717) is 11.3 Å². The van der Waals surface area contributed by atoms with Gasteiger partial charge in [-0.05, 0) is 18.7 Å². The molecule has 0 aromatic carbocycles. The van der Waals surface area contributed by atoms with Gasteiger partial charge >= 0.3 is 0 Å². The van der Waals surface area contributed by atoms with E-state index in [9.17, 15) is 0 Å². The average molecular weight is 185 g/mol. The first kappa shape index (κ1) is 11.9. The number of rotatable bonds is 6. The van der Waals surface area contributed by atoms with Crippen LogP contribution in [0.5, 0.6) is 0 Å². The molecule has 0 aliphatic rings. The summed E-state index contributed by atoms with van der Waals surface area (Å²) in [4.78, 5) is 0. The van der Waals surface area contributed by atoms with Gasteiger partial charge in [-0.15, -0.1) is 12.3 Å². The molecule has 0 aromatic rings. The number of nitrogens with one attached hydrogen (secondary N) is 1. The van der Waals surface area contributed by atoms with Gasteiger partial charge in [0.2, 0.25) is 0 Å². The maximum absolute atomic E-state index is 5.20. The fourth-order valence-electron chi connectivity index (χ4n) is 0.877. The lowest BCUT2D eigenvalue weighted by Gasteiger charge is -2.15. The van der Waals surface area contributed by atoms with Gasteiger partial charge in [0.25, 0.3) is 0 Å². The van der Waals surface area contributed by atoms with E-state index in [1.54, 1.807) is 0 Å². The third kappa shape index (κ3) is 6.57. The van der Waals surface area contributed by atoms with Gasteiger partial charge in [0, 0.05) is 18.2 Å². The van der Waals surface area contributed by atoms with Crippen LogP contribution >= 0.6 is 11.8 Å². The van der Waals surface area contributed by atoms with Crippen LogP contribution in [-0.2, 0) is 0 Å². The van der Waals surface area contributed by atoms with Crippen LogP contribution in [0, 0.1) is 12.3 Å². The quantitative estimate of drug-likeness (QED) is 0.636. The molecule has 1 N–H and O–H groups in total. The van der Waals surface area contributed by atoms with Crippen molar-refractivity contribution in [1.29, 1.82) is 0 Å². The van der Waals surface area contributed by atoms with E-state index in [1.807, 2.05) is 18.8 Å². The summed E-state index contributed by atoms with van der Waals surface area (Å²) < 4.78 is 0. The van der Waals surface area contributed by atoms with Gasteiger partial charge in [0.15, 0.2) is 0 Å². The van der Waals surface area contributed by atoms with E-state index in [2.05, 4.69) is 25.1 Å². The fraction of sp³-hybridized carbons (Fsp3) is 0.800. The third-order valence-electron chi connectivity index (χ3n) is 1.68. The molecule has 1 atom stereocenters. The molecule has 70 valence electrons. The molecule has 1 nitrogen and oxygen atoms in total. The number of hydrogen-bond donors (Lipinski definition) is 1. The van der Waals surface area contributed by atoms with Crippen molar-refractivity contribution in [2.24, 2.45) is 0 Å². The molecule has 1 unspecified atom stereocenters. The minimum Gasteiger partial charge on any atom is -0.316 e. The lowest BCUT2D eigenvalue weighted by Crippen LogP contribution is -2.28. The Morgan fingerprint density at radius 3 is 2.58 bits per heavy atom. The molecule has 0 saturated heterocycles. The molecule has 0 aromatic heterocycles. The maximum Gasteiger partial charge on any atom is 0.0164 e. The maximum atomic E-state index is 5.20. The minimum absolute atomic E-state index is 0.577. The first-order valence-electron chi connectivity index (χ1n) is 4.43. The largest absolute Gasteiger partial charge is 0.316 e. The third-order valence-corrected chi connectivity index (χ3v) is 2.94. The molecule has 0 aliphatic heterocycles. The Kier molecular flexibility index (Phi) is 7.43. The summed E-state index contributed by atoms with van der Waals surface area (Å²) in [5.41, 5.74) is 0. The molecular formula is C10H19NS. The standard InChI is InChI=1S/C10H19NS/c1-5-6-7-10(11-4)8-12-9(2)3/h1,9-11H,6-8H2,2-4H3. The smallest absolute Gasteiger partial charge is 0.0164 e. The molecule has 0 amide bonds. The molecule has 2 heteroatoms. The Labute approximate surface area is 80.7 Å². The van der Waals surface area contributed by atoms with Crippen LogP contribution in [-0.4, -0.2) is 24.1 Å². The van der Waals surface area contributed by atoms with Crippen LogP contribution in [0.2, 0.25) is 0 Å². The van der Waals surface area contributed by atoms with Gasteiger partial charge in [0.05, 0.1) is 0 Å². The van der Waals surface area contributed by atoms with E-state index in [-0.39, 0.29) is 0 Å². The fourth-order valence-corrected chi connectivity index (χ4v) is 1.83. The van der Waals surface area contributed by atoms with Crippen LogP contribution < -0.4 is 5.32 Å². The summed E-state index contributed by atoms with van der Waals surface area (Å²) in [6.45, 7) is 4.44. The molecule has 0 heterocycles. The summed E-state index contributed by atoms with van der Waals surface area (Å²) in [6.07, 6.45) is 7.17. The van der Waals surface area contributed by atoms with Crippen LogP contribution in [0.1, 0.15) is 26.7 Å². The SMILES string of the molecule is C#CCCC(CSC(C)C)NC. The number of terminal acetylenes is 1. The van der Waals surface area contributed by atoms with E-state index in [0.717, 1.165) is 18.6 Å². The Hall–Kier alpha value is -0.130. The number of thioether (sulfide) groups is 1. The highest BCUT2D eigenvalue weighted by molar-refractivity contribution is 7.99. The molecule has 12 heavy (non-hydrogen) atoms. The van der Waals surface area contributed by atoms with Crippen LogP contribution in [0.4, 0.5) is 0 Å². The van der Waals surface area contributed by atoms with Crippen molar-refractivity contribution < 1.29 is 0 Å². The van der Waals surface area contributed by atoms with Gasteiger partial charge in [-0.3, -0.25) is 0 Å². The second kappa shape index (κ2) is 7.52. The van der Waals surface area contributed by atoms with Crippen molar-refractivity contribution in [1.82, 2.24) is 5.32 Å². The Balaban J connectivity index is 3.47. The van der Waals surface area contributed by atoms with Crippen LogP contribution in [0.25, 0.3) is 0 Å². The molecule has 0 rings (SSSR count). The van der Waals surface area contributed by atoms with Gasteiger partial charge in [-0.1, -0.05) is 13.8 Å². The van der Waals surface area contributed by atoms with E-state index < -0.39 is 0 Å². The van der Waals surface area contributed by atoms with Crippen LogP contribution in [0.3, 0.4) is 0 Å². The monoisotopic (exact) mass is 185 g/mol. The van der Waals surface area contributed by atoms with Crippen molar-refractivity contribution in [3.8, 4) is 12.3 Å². The molecule has 0 aliphatic carbocycles. The summed E-state index contributed by atoms with van der Waals surface area (Å²) in [5, 5.41) is 3.99. The zero-order chi connectivity index (χ0) is 9.40. The second-order valence-electron chi connectivity index (χ2n) is 3.11. The van der Waals surface area contributed by atoms with Crippen molar-refractivity contribution >= 4 is 11.8 Å². The van der Waals surface area contributed by atoms with E-state index >= 15 is 0 Å². The van der Waals surface area contributed by atoms with Gasteiger partial charge in [-0.25, -0.2) is 0 Å². The molecular weight excluding hydrogens is 166 g/mol. The molecule has 0 radical (unpaired) electrons. The zero-order valence-electron chi connectivity index (χ0n) is 8.26. The Morgan fingerprint density at radius 2 is 2.17 bits per heavy atom. The van der Waals surface area contributed by atoms with Crippen molar-refractivity contribution in [2.45, 2.75) is 38.0 Å². The first-order chi connectivity index (χ1) is 5.70. The Morgan fingerprint density at radius 1 is 1.50 bits per heavy atom. The lowest BCUT2D eigenvalue weighted by atomic mass is 10.2. The predicted octanol–water partition coefficient (Wildman–Crippen LogP) is 2.13. The van der Waals surface area contributed by atoms with Gasteiger partial charge < -0.3 is 5.32 Å². The topological polar surface area (TPSA) is 12.0 Å². The van der Waals surface area contributed by atoms with Crippen molar-refractivity contribution in [3.63, 3.8) is 0 Å². The minimum atomic E-state index is 0.577. The predicted molar refractivity (Wildman–Crippen MR) is 58.5 cm³/mol. The average Bonchev–Trinajstić information content (AvgIpc) is 2.05. The van der Waals surface area contributed by atoms with E-state index in [4.69, 9.17) is 6.42 Å². The molecule has 0 saturated carbocycles. The summed E-state index contributed by atoms with van der Waals surface area (Å²) in [6, 6.07) is 0.577. The molecule has 0 fully saturated rings. The summed E-state index contributed by atoms with van der Waals surface area (Å²) >= 11 is 1.98. The van der Waals surface area contributed by atoms with Crippen molar-refractivity contribution in [2.75, 3.05) is 12.8 Å². The van der Waals surface area contributed by atoms with E-state index in [1.165, 1.54) is 0 Å². The second-order valence-corrected chi connectivity index (χ2v) is 4.72.